The molecule has 1 atom stereocenters. The van der Waals surface area contributed by atoms with Gasteiger partial charge in [0.15, 0.2) is 0 Å². The van der Waals surface area contributed by atoms with Crippen LogP contribution in [0.3, 0.4) is 0 Å². The number of nitrogens with one attached hydrogen (secondary N) is 1. The highest BCUT2D eigenvalue weighted by Crippen LogP contribution is 2.24. The van der Waals surface area contributed by atoms with E-state index in [0.29, 0.717) is 19.4 Å². The summed E-state index contributed by atoms with van der Waals surface area (Å²) in [7, 11) is 1.68. The van der Waals surface area contributed by atoms with E-state index in [1.54, 1.807) is 7.11 Å². The Bertz CT molecular complexity index is 394. The lowest BCUT2D eigenvalue weighted by atomic mass is 9.93. The minimum Gasteiger partial charge on any atom is -0.390 e. The first-order valence-corrected chi connectivity index (χ1v) is 6.99. The minimum absolute atomic E-state index is 0.568. The average molecular weight is 286 g/mol. The van der Waals surface area contributed by atoms with E-state index in [2.05, 4.69) is 5.32 Å². The van der Waals surface area contributed by atoms with E-state index in [4.69, 9.17) is 16.3 Å². The number of hydrogen-bond donors (Lipinski definition) is 2. The Hall–Kier alpha value is -0.610. The largest absolute Gasteiger partial charge is 0.390 e. The molecule has 1 aromatic rings. The second kappa shape index (κ2) is 7.85. The van der Waals surface area contributed by atoms with Crippen molar-refractivity contribution in [1.29, 1.82) is 0 Å². The molecule has 1 rings (SSSR count). The van der Waals surface area contributed by atoms with Crippen molar-refractivity contribution in [3.8, 4) is 0 Å². The van der Waals surface area contributed by atoms with Crippen LogP contribution in [0.2, 0.25) is 5.02 Å². The summed E-state index contributed by atoms with van der Waals surface area (Å²) < 4.78 is 4.95. The summed E-state index contributed by atoms with van der Waals surface area (Å²) in [6.45, 7) is 6.11. The molecule has 0 spiro atoms. The second-order valence-electron chi connectivity index (χ2n) is 5.26. The summed E-state index contributed by atoms with van der Waals surface area (Å²) in [6.07, 6.45) is 1.25. The van der Waals surface area contributed by atoms with Crippen LogP contribution in [0.5, 0.6) is 0 Å². The molecule has 0 aliphatic rings. The van der Waals surface area contributed by atoms with Crippen LogP contribution in [0.25, 0.3) is 0 Å². The standard InChI is InChI=1S/C15H24ClNO2/c1-12-4-5-13(14(16)10-12)11-15(2,18)6-7-17-8-9-19-3/h4-5,10,17-18H,6-9,11H2,1-3H3. The molecule has 0 radical (unpaired) electrons. The van der Waals surface area contributed by atoms with Crippen LogP contribution in [0.1, 0.15) is 24.5 Å². The lowest BCUT2D eigenvalue weighted by Gasteiger charge is -2.24. The Morgan fingerprint density at radius 2 is 2.11 bits per heavy atom. The van der Waals surface area contributed by atoms with Crippen molar-refractivity contribution in [1.82, 2.24) is 5.32 Å². The topological polar surface area (TPSA) is 41.5 Å². The highest BCUT2D eigenvalue weighted by atomic mass is 35.5. The first-order valence-electron chi connectivity index (χ1n) is 6.62. The number of benzene rings is 1. The molecular weight excluding hydrogens is 262 g/mol. The third kappa shape index (κ3) is 6.39. The van der Waals surface area contributed by atoms with Gasteiger partial charge in [-0.15, -0.1) is 0 Å². The van der Waals surface area contributed by atoms with E-state index in [-0.39, 0.29) is 0 Å². The van der Waals surface area contributed by atoms with Crippen LogP contribution in [0.15, 0.2) is 18.2 Å². The molecule has 2 N–H and O–H groups in total. The van der Waals surface area contributed by atoms with Crippen molar-refractivity contribution in [2.75, 3.05) is 26.8 Å². The molecule has 0 fully saturated rings. The van der Waals surface area contributed by atoms with Crippen LogP contribution in [0.4, 0.5) is 0 Å². The number of rotatable bonds is 8. The molecule has 4 heteroatoms. The number of hydrogen-bond acceptors (Lipinski definition) is 3. The molecule has 108 valence electrons. The number of ether oxygens (including phenoxy) is 1. The molecule has 0 aliphatic carbocycles. The van der Waals surface area contributed by atoms with Gasteiger partial charge in [-0.2, -0.15) is 0 Å². The van der Waals surface area contributed by atoms with Crippen molar-refractivity contribution < 1.29 is 9.84 Å². The van der Waals surface area contributed by atoms with E-state index in [1.165, 1.54) is 0 Å². The second-order valence-corrected chi connectivity index (χ2v) is 5.67. The van der Waals surface area contributed by atoms with Crippen molar-refractivity contribution in [2.24, 2.45) is 0 Å². The summed E-state index contributed by atoms with van der Waals surface area (Å²) in [5.41, 5.74) is 1.38. The number of halogens is 1. The van der Waals surface area contributed by atoms with E-state index in [9.17, 15) is 5.11 Å². The van der Waals surface area contributed by atoms with Crippen LogP contribution in [-0.2, 0) is 11.2 Å². The van der Waals surface area contributed by atoms with Crippen molar-refractivity contribution in [3.63, 3.8) is 0 Å². The van der Waals surface area contributed by atoms with Crippen molar-refractivity contribution >= 4 is 11.6 Å². The normalized spacial score (nSPS) is 14.4. The van der Waals surface area contributed by atoms with Gasteiger partial charge in [0.05, 0.1) is 12.2 Å². The molecule has 1 unspecified atom stereocenters. The van der Waals surface area contributed by atoms with Crippen molar-refractivity contribution in [2.45, 2.75) is 32.3 Å². The Kier molecular flexibility index (Phi) is 6.80. The van der Waals surface area contributed by atoms with E-state index in [0.717, 1.165) is 29.2 Å². The maximum absolute atomic E-state index is 10.4. The summed E-state index contributed by atoms with van der Waals surface area (Å²) >= 11 is 6.19. The smallest absolute Gasteiger partial charge is 0.0672 e. The zero-order valence-corrected chi connectivity index (χ0v) is 12.8. The Labute approximate surface area is 120 Å². The van der Waals surface area contributed by atoms with Crippen LogP contribution in [0, 0.1) is 6.92 Å². The van der Waals surface area contributed by atoms with Crippen LogP contribution in [-0.4, -0.2) is 37.5 Å². The molecule has 0 heterocycles. The molecule has 19 heavy (non-hydrogen) atoms. The van der Waals surface area contributed by atoms with Gasteiger partial charge < -0.3 is 15.2 Å². The maximum atomic E-state index is 10.4. The van der Waals surface area contributed by atoms with Gasteiger partial charge in [0.1, 0.15) is 0 Å². The fourth-order valence-corrected chi connectivity index (χ4v) is 2.25. The third-order valence-corrected chi connectivity index (χ3v) is 3.46. The maximum Gasteiger partial charge on any atom is 0.0672 e. The first kappa shape index (κ1) is 16.4. The fraction of sp³-hybridized carbons (Fsp3) is 0.600. The Balaban J connectivity index is 2.44. The summed E-state index contributed by atoms with van der Waals surface area (Å²) in [6, 6.07) is 5.95. The van der Waals surface area contributed by atoms with Crippen molar-refractivity contribution in [3.05, 3.63) is 34.3 Å². The Morgan fingerprint density at radius 3 is 2.74 bits per heavy atom. The SMILES string of the molecule is COCCNCCC(C)(O)Cc1ccc(C)cc1Cl. The quantitative estimate of drug-likeness (QED) is 0.722. The summed E-state index contributed by atoms with van der Waals surface area (Å²) in [5.74, 6) is 0. The zero-order chi connectivity index (χ0) is 14.3. The molecule has 1 aromatic carbocycles. The third-order valence-electron chi connectivity index (χ3n) is 3.10. The van der Waals surface area contributed by atoms with E-state index >= 15 is 0 Å². The zero-order valence-electron chi connectivity index (χ0n) is 12.0. The fourth-order valence-electron chi connectivity index (χ4n) is 1.95. The number of aryl methyl sites for hydroxylation is 1. The molecule has 3 nitrogen and oxygen atoms in total. The predicted octanol–water partition coefficient (Wildman–Crippen LogP) is 2.57. The molecule has 0 aliphatic heterocycles. The summed E-state index contributed by atoms with van der Waals surface area (Å²) in [4.78, 5) is 0. The van der Waals surface area contributed by atoms with Gasteiger partial charge in [0.25, 0.3) is 0 Å². The molecule has 0 saturated heterocycles. The first-order chi connectivity index (χ1) is 8.94. The monoisotopic (exact) mass is 285 g/mol. The lowest BCUT2D eigenvalue weighted by Crippen LogP contribution is -2.33. The van der Waals surface area contributed by atoms with E-state index in [1.807, 2.05) is 32.0 Å². The number of aliphatic hydroxyl groups is 1. The van der Waals surface area contributed by atoms with Gasteiger partial charge >= 0.3 is 0 Å². The van der Waals surface area contributed by atoms with Crippen LogP contribution >= 0.6 is 11.6 Å². The van der Waals surface area contributed by atoms with Crippen LogP contribution < -0.4 is 5.32 Å². The molecule has 0 aromatic heterocycles. The number of methoxy groups -OCH3 is 1. The highest BCUT2D eigenvalue weighted by molar-refractivity contribution is 6.31. The predicted molar refractivity (Wildman–Crippen MR) is 79.9 cm³/mol. The van der Waals surface area contributed by atoms with Gasteiger partial charge in [-0.25, -0.2) is 0 Å². The molecular formula is C15H24ClNO2. The molecule has 0 amide bonds. The molecule has 0 bridgehead atoms. The Morgan fingerprint density at radius 1 is 1.37 bits per heavy atom. The minimum atomic E-state index is -0.751. The van der Waals surface area contributed by atoms with Gasteiger partial charge in [-0.05, 0) is 44.0 Å². The lowest BCUT2D eigenvalue weighted by molar-refractivity contribution is 0.0510. The van der Waals surface area contributed by atoms with E-state index < -0.39 is 5.60 Å². The molecule has 0 saturated carbocycles. The van der Waals surface area contributed by atoms with Gasteiger partial charge in [-0.1, -0.05) is 23.7 Å². The van der Waals surface area contributed by atoms with Gasteiger partial charge in [0.2, 0.25) is 0 Å². The highest BCUT2D eigenvalue weighted by Gasteiger charge is 2.21. The van der Waals surface area contributed by atoms with Gasteiger partial charge in [0, 0.05) is 25.1 Å². The average Bonchev–Trinajstić information content (AvgIpc) is 2.32. The summed E-state index contributed by atoms with van der Waals surface area (Å²) in [5, 5.41) is 14.4. The van der Waals surface area contributed by atoms with Gasteiger partial charge in [-0.3, -0.25) is 0 Å².